The monoisotopic (exact) mass is 232 g/mol. The quantitative estimate of drug-likeness (QED) is 0.521. The maximum absolute atomic E-state index is 10.9. The molecule has 0 atom stereocenters. The lowest BCUT2D eigenvalue weighted by molar-refractivity contribution is -0.138. The van der Waals surface area contributed by atoms with Crippen LogP contribution in [-0.2, 0) is 18.4 Å². The van der Waals surface area contributed by atoms with Gasteiger partial charge >= 0.3 is 8.56 Å². The molecule has 0 aliphatic heterocycles. The van der Waals surface area contributed by atoms with Crippen molar-refractivity contribution in [3.05, 3.63) is 0 Å². The number of carbonyl (C=O) groups excluding carboxylic acids is 2. The summed E-state index contributed by atoms with van der Waals surface area (Å²) in [4.78, 5) is 21.8. The summed E-state index contributed by atoms with van der Waals surface area (Å²) in [7, 11) is -2.61. The van der Waals surface area contributed by atoms with E-state index in [9.17, 15) is 9.59 Å². The first-order chi connectivity index (χ1) is 6.89. The highest BCUT2D eigenvalue weighted by molar-refractivity contribution is 6.69. The van der Waals surface area contributed by atoms with E-state index in [2.05, 4.69) is 6.92 Å². The molecule has 5 heteroatoms. The lowest BCUT2D eigenvalue weighted by atomic mass is 10.3. The molecule has 0 aromatic rings. The van der Waals surface area contributed by atoms with Gasteiger partial charge in [0, 0.05) is 26.4 Å². The Morgan fingerprint density at radius 1 is 1.07 bits per heavy atom. The highest BCUT2D eigenvalue weighted by Crippen LogP contribution is 2.18. The van der Waals surface area contributed by atoms with Gasteiger partial charge in [0.15, 0.2) is 0 Å². The third-order valence-corrected chi connectivity index (χ3v) is 4.65. The molecule has 0 saturated heterocycles. The number of rotatable bonds is 6. The molecular formula is C10H20O4Si. The van der Waals surface area contributed by atoms with Crippen molar-refractivity contribution in [1.29, 1.82) is 0 Å². The van der Waals surface area contributed by atoms with Gasteiger partial charge in [0.2, 0.25) is 0 Å². The minimum atomic E-state index is -2.61. The molecular weight excluding hydrogens is 212 g/mol. The molecule has 0 bridgehead atoms. The van der Waals surface area contributed by atoms with Crippen LogP contribution in [0.1, 0.15) is 40.0 Å². The summed E-state index contributed by atoms with van der Waals surface area (Å²) in [5.74, 6) is -0.746. The Bertz CT molecular complexity index is 211. The third-order valence-electron chi connectivity index (χ3n) is 1.95. The summed E-state index contributed by atoms with van der Waals surface area (Å²) >= 11 is 0. The van der Waals surface area contributed by atoms with Gasteiger partial charge in [-0.25, -0.2) is 0 Å². The molecule has 15 heavy (non-hydrogen) atoms. The minimum Gasteiger partial charge on any atom is -0.485 e. The standard InChI is InChI=1S/C10H20O4Si/c1-5-6-7-8-15(4,13-9(2)11)14-10(3)12/h5-8H2,1-4H3. The average Bonchev–Trinajstić information content (AvgIpc) is 2.00. The largest absolute Gasteiger partial charge is 0.485 e. The summed E-state index contributed by atoms with van der Waals surface area (Å²) in [6, 6.07) is 0.681. The summed E-state index contributed by atoms with van der Waals surface area (Å²) in [5, 5.41) is 0. The second-order valence-electron chi connectivity index (χ2n) is 3.78. The van der Waals surface area contributed by atoms with E-state index in [-0.39, 0.29) is 11.9 Å². The van der Waals surface area contributed by atoms with Crippen molar-refractivity contribution in [3.8, 4) is 0 Å². The SMILES string of the molecule is CCCCC[Si](C)(OC(C)=O)OC(C)=O. The second kappa shape index (κ2) is 6.61. The van der Waals surface area contributed by atoms with E-state index in [1.54, 1.807) is 6.55 Å². The normalized spacial score (nSPS) is 10.9. The fourth-order valence-electron chi connectivity index (χ4n) is 1.43. The fraction of sp³-hybridized carbons (Fsp3) is 0.800. The Hall–Kier alpha value is -0.843. The van der Waals surface area contributed by atoms with E-state index in [1.165, 1.54) is 13.8 Å². The summed E-state index contributed by atoms with van der Waals surface area (Å²) in [6.45, 7) is 6.53. The Morgan fingerprint density at radius 3 is 1.87 bits per heavy atom. The van der Waals surface area contributed by atoms with Gasteiger partial charge in [0.05, 0.1) is 0 Å². The van der Waals surface area contributed by atoms with Crippen LogP contribution in [0.5, 0.6) is 0 Å². The zero-order valence-corrected chi connectivity index (χ0v) is 11.0. The predicted octanol–water partition coefficient (Wildman–Crippen LogP) is 2.37. The van der Waals surface area contributed by atoms with Crippen molar-refractivity contribution in [2.75, 3.05) is 0 Å². The van der Waals surface area contributed by atoms with Crippen LogP contribution in [0.25, 0.3) is 0 Å². The highest BCUT2D eigenvalue weighted by atomic mass is 28.4. The summed E-state index contributed by atoms with van der Waals surface area (Å²) in [5.41, 5.74) is 0. The summed E-state index contributed by atoms with van der Waals surface area (Å²) in [6.07, 6.45) is 3.08. The molecule has 0 fully saturated rings. The van der Waals surface area contributed by atoms with E-state index in [0.717, 1.165) is 19.3 Å². The average molecular weight is 232 g/mol. The lowest BCUT2D eigenvalue weighted by Gasteiger charge is -2.24. The number of hydrogen-bond acceptors (Lipinski definition) is 4. The Morgan fingerprint density at radius 2 is 1.53 bits per heavy atom. The van der Waals surface area contributed by atoms with Gasteiger partial charge in [0.25, 0.3) is 11.9 Å². The smallest absolute Gasteiger partial charge is 0.461 e. The first-order valence-corrected chi connectivity index (χ1v) is 7.81. The fourth-order valence-corrected chi connectivity index (χ4v) is 3.78. The number of carbonyl (C=O) groups is 2. The van der Waals surface area contributed by atoms with Gasteiger partial charge in [-0.1, -0.05) is 19.8 Å². The Balaban J connectivity index is 4.26. The van der Waals surface area contributed by atoms with Crippen molar-refractivity contribution in [1.82, 2.24) is 0 Å². The molecule has 0 radical (unpaired) electrons. The molecule has 4 nitrogen and oxygen atoms in total. The molecule has 0 aromatic heterocycles. The van der Waals surface area contributed by atoms with Gasteiger partial charge in [-0.2, -0.15) is 0 Å². The highest BCUT2D eigenvalue weighted by Gasteiger charge is 2.37. The van der Waals surface area contributed by atoms with Crippen LogP contribution in [0.2, 0.25) is 12.6 Å². The van der Waals surface area contributed by atoms with Crippen molar-refractivity contribution in [2.45, 2.75) is 52.6 Å². The first kappa shape index (κ1) is 14.2. The second-order valence-corrected chi connectivity index (χ2v) is 6.95. The number of unbranched alkanes of at least 4 members (excludes halogenated alkanes) is 2. The molecule has 0 saturated carbocycles. The predicted molar refractivity (Wildman–Crippen MR) is 59.5 cm³/mol. The first-order valence-electron chi connectivity index (χ1n) is 5.29. The van der Waals surface area contributed by atoms with Gasteiger partial charge < -0.3 is 8.85 Å². The van der Waals surface area contributed by atoms with Crippen LogP contribution in [0.4, 0.5) is 0 Å². The molecule has 0 spiro atoms. The molecule has 88 valence electrons. The molecule has 0 unspecified atom stereocenters. The molecule has 0 aromatic carbocycles. The topological polar surface area (TPSA) is 52.6 Å². The molecule has 0 aliphatic carbocycles. The third kappa shape index (κ3) is 7.13. The zero-order chi connectivity index (χ0) is 11.9. The minimum absolute atomic E-state index is 0.373. The molecule has 0 amide bonds. The van der Waals surface area contributed by atoms with E-state index in [0.29, 0.717) is 6.04 Å². The summed E-state index contributed by atoms with van der Waals surface area (Å²) < 4.78 is 10.3. The zero-order valence-electron chi connectivity index (χ0n) is 9.96. The van der Waals surface area contributed by atoms with E-state index >= 15 is 0 Å². The maximum atomic E-state index is 10.9. The van der Waals surface area contributed by atoms with Crippen LogP contribution < -0.4 is 0 Å². The van der Waals surface area contributed by atoms with Crippen molar-refractivity contribution in [3.63, 3.8) is 0 Å². The van der Waals surface area contributed by atoms with Gasteiger partial charge in [-0.15, -0.1) is 0 Å². The van der Waals surface area contributed by atoms with Gasteiger partial charge in [-0.3, -0.25) is 9.59 Å². The Labute approximate surface area is 92.2 Å². The maximum Gasteiger partial charge on any atom is 0.461 e. The Kier molecular flexibility index (Phi) is 6.23. The van der Waals surface area contributed by atoms with Gasteiger partial charge in [0.1, 0.15) is 0 Å². The van der Waals surface area contributed by atoms with Crippen molar-refractivity contribution < 1.29 is 18.4 Å². The lowest BCUT2D eigenvalue weighted by Crippen LogP contribution is -2.41. The molecule has 0 rings (SSSR count). The van der Waals surface area contributed by atoms with E-state index in [1.807, 2.05) is 0 Å². The van der Waals surface area contributed by atoms with Crippen molar-refractivity contribution in [2.24, 2.45) is 0 Å². The number of hydrogen-bond donors (Lipinski definition) is 0. The van der Waals surface area contributed by atoms with Crippen LogP contribution >= 0.6 is 0 Å². The van der Waals surface area contributed by atoms with Crippen LogP contribution in [0.3, 0.4) is 0 Å². The van der Waals surface area contributed by atoms with Crippen LogP contribution in [0.15, 0.2) is 0 Å². The molecule has 0 aliphatic rings. The van der Waals surface area contributed by atoms with Gasteiger partial charge in [-0.05, 0) is 6.42 Å². The van der Waals surface area contributed by atoms with E-state index in [4.69, 9.17) is 8.85 Å². The van der Waals surface area contributed by atoms with Crippen molar-refractivity contribution >= 4 is 20.5 Å². The van der Waals surface area contributed by atoms with E-state index < -0.39 is 8.56 Å². The van der Waals surface area contributed by atoms with Crippen LogP contribution in [-0.4, -0.2) is 20.5 Å². The molecule has 0 N–H and O–H groups in total. The van der Waals surface area contributed by atoms with Crippen LogP contribution in [0, 0.1) is 0 Å². The molecule has 0 heterocycles.